The second-order valence-electron chi connectivity index (χ2n) is 5.03. The van der Waals surface area contributed by atoms with Gasteiger partial charge in [-0.05, 0) is 25.7 Å². The molecule has 14 heavy (non-hydrogen) atoms. The van der Waals surface area contributed by atoms with Gasteiger partial charge < -0.3 is 5.32 Å². The summed E-state index contributed by atoms with van der Waals surface area (Å²) in [7, 11) is 0. The van der Waals surface area contributed by atoms with Crippen LogP contribution >= 0.6 is 0 Å². The third-order valence-corrected chi connectivity index (χ3v) is 3.22. The standard InChI is InChI=1S/C12H26N2/c1-5-12-9-14(7-6-13-12)11(4)8-10(2)3/h10-13H,5-9H2,1-4H3. The van der Waals surface area contributed by atoms with E-state index in [2.05, 4.69) is 37.9 Å². The average molecular weight is 198 g/mol. The molecular weight excluding hydrogens is 172 g/mol. The molecule has 2 nitrogen and oxygen atoms in total. The van der Waals surface area contributed by atoms with E-state index in [0.717, 1.165) is 18.0 Å². The number of nitrogens with zero attached hydrogens (tertiary/aromatic N) is 1. The molecule has 1 heterocycles. The van der Waals surface area contributed by atoms with Gasteiger partial charge in [-0.3, -0.25) is 4.90 Å². The van der Waals surface area contributed by atoms with Crippen molar-refractivity contribution < 1.29 is 0 Å². The highest BCUT2D eigenvalue weighted by atomic mass is 15.2. The highest BCUT2D eigenvalue weighted by molar-refractivity contribution is 4.80. The first kappa shape index (κ1) is 12.0. The average Bonchev–Trinajstić information content (AvgIpc) is 2.17. The van der Waals surface area contributed by atoms with Gasteiger partial charge in [-0.2, -0.15) is 0 Å². The molecule has 1 saturated heterocycles. The molecule has 1 aliphatic rings. The molecule has 0 saturated carbocycles. The summed E-state index contributed by atoms with van der Waals surface area (Å²) in [6.07, 6.45) is 2.58. The fourth-order valence-corrected chi connectivity index (χ4v) is 2.36. The van der Waals surface area contributed by atoms with Crippen molar-refractivity contribution in [1.82, 2.24) is 10.2 Å². The zero-order chi connectivity index (χ0) is 10.6. The highest BCUT2D eigenvalue weighted by Gasteiger charge is 2.21. The zero-order valence-electron chi connectivity index (χ0n) is 10.2. The SMILES string of the molecule is CCC1CN(C(C)CC(C)C)CCN1. The Balaban J connectivity index is 2.35. The number of nitrogens with one attached hydrogen (secondary N) is 1. The minimum Gasteiger partial charge on any atom is -0.311 e. The minimum absolute atomic E-state index is 0.721. The molecule has 0 amide bonds. The van der Waals surface area contributed by atoms with Crippen molar-refractivity contribution in [2.75, 3.05) is 19.6 Å². The second kappa shape index (κ2) is 5.72. The lowest BCUT2D eigenvalue weighted by Gasteiger charge is -2.37. The summed E-state index contributed by atoms with van der Waals surface area (Å²) in [5, 5.41) is 3.57. The lowest BCUT2D eigenvalue weighted by Crippen LogP contribution is -2.53. The zero-order valence-corrected chi connectivity index (χ0v) is 10.2. The topological polar surface area (TPSA) is 15.3 Å². The number of hydrogen-bond acceptors (Lipinski definition) is 2. The molecule has 0 radical (unpaired) electrons. The van der Waals surface area contributed by atoms with Crippen LogP contribution in [-0.4, -0.2) is 36.6 Å². The Labute approximate surface area is 89.1 Å². The van der Waals surface area contributed by atoms with Crippen molar-refractivity contribution in [1.29, 1.82) is 0 Å². The number of rotatable bonds is 4. The molecule has 2 unspecified atom stereocenters. The Bertz CT molecular complexity index is 156. The van der Waals surface area contributed by atoms with E-state index >= 15 is 0 Å². The van der Waals surface area contributed by atoms with Crippen LogP contribution in [0.5, 0.6) is 0 Å². The molecule has 1 aliphatic heterocycles. The molecule has 1 N–H and O–H groups in total. The normalized spacial score (nSPS) is 26.8. The quantitative estimate of drug-likeness (QED) is 0.744. The maximum atomic E-state index is 3.57. The third-order valence-electron chi connectivity index (χ3n) is 3.22. The first-order valence-electron chi connectivity index (χ1n) is 6.11. The second-order valence-corrected chi connectivity index (χ2v) is 5.03. The van der Waals surface area contributed by atoms with Crippen molar-refractivity contribution in [3.8, 4) is 0 Å². The van der Waals surface area contributed by atoms with E-state index in [4.69, 9.17) is 0 Å². The lowest BCUT2D eigenvalue weighted by atomic mass is 10.0. The molecule has 0 aromatic heterocycles. The summed E-state index contributed by atoms with van der Waals surface area (Å²) >= 11 is 0. The van der Waals surface area contributed by atoms with Gasteiger partial charge in [0.1, 0.15) is 0 Å². The first-order chi connectivity index (χ1) is 6.63. The molecule has 0 bridgehead atoms. The molecule has 84 valence electrons. The van der Waals surface area contributed by atoms with E-state index in [1.807, 2.05) is 0 Å². The lowest BCUT2D eigenvalue weighted by molar-refractivity contribution is 0.136. The molecule has 0 aromatic carbocycles. The molecule has 2 atom stereocenters. The molecule has 0 aliphatic carbocycles. The Hall–Kier alpha value is -0.0800. The van der Waals surface area contributed by atoms with Crippen molar-refractivity contribution >= 4 is 0 Å². The van der Waals surface area contributed by atoms with E-state index in [1.165, 1.54) is 32.5 Å². The van der Waals surface area contributed by atoms with Crippen LogP contribution in [0.3, 0.4) is 0 Å². The van der Waals surface area contributed by atoms with Crippen LogP contribution in [0, 0.1) is 5.92 Å². The maximum absolute atomic E-state index is 3.57. The van der Waals surface area contributed by atoms with Crippen LogP contribution < -0.4 is 5.32 Å². The summed E-state index contributed by atoms with van der Waals surface area (Å²) in [6.45, 7) is 12.9. The fraction of sp³-hybridized carbons (Fsp3) is 1.00. The van der Waals surface area contributed by atoms with Gasteiger partial charge in [0.15, 0.2) is 0 Å². The molecule has 0 aromatic rings. The Morgan fingerprint density at radius 1 is 1.36 bits per heavy atom. The van der Waals surface area contributed by atoms with Gasteiger partial charge >= 0.3 is 0 Å². The maximum Gasteiger partial charge on any atom is 0.0193 e. The van der Waals surface area contributed by atoms with Gasteiger partial charge in [0.2, 0.25) is 0 Å². The van der Waals surface area contributed by atoms with Gasteiger partial charge in [-0.1, -0.05) is 20.8 Å². The number of hydrogen-bond donors (Lipinski definition) is 1. The summed E-state index contributed by atoms with van der Waals surface area (Å²) < 4.78 is 0. The Morgan fingerprint density at radius 2 is 2.07 bits per heavy atom. The summed E-state index contributed by atoms with van der Waals surface area (Å²) in [5.41, 5.74) is 0. The van der Waals surface area contributed by atoms with Gasteiger partial charge in [0.05, 0.1) is 0 Å². The molecule has 1 rings (SSSR count). The smallest absolute Gasteiger partial charge is 0.0193 e. The predicted octanol–water partition coefficient (Wildman–Crippen LogP) is 2.10. The van der Waals surface area contributed by atoms with Crippen LogP contribution in [0.1, 0.15) is 40.5 Å². The summed E-state index contributed by atoms with van der Waals surface area (Å²) in [6, 6.07) is 1.48. The van der Waals surface area contributed by atoms with E-state index in [0.29, 0.717) is 0 Å². The Morgan fingerprint density at radius 3 is 2.64 bits per heavy atom. The highest BCUT2D eigenvalue weighted by Crippen LogP contribution is 2.13. The van der Waals surface area contributed by atoms with Crippen LogP contribution in [-0.2, 0) is 0 Å². The van der Waals surface area contributed by atoms with E-state index < -0.39 is 0 Å². The van der Waals surface area contributed by atoms with Crippen LogP contribution in [0.15, 0.2) is 0 Å². The van der Waals surface area contributed by atoms with Crippen LogP contribution in [0.2, 0.25) is 0 Å². The fourth-order valence-electron chi connectivity index (χ4n) is 2.36. The van der Waals surface area contributed by atoms with Crippen LogP contribution in [0.25, 0.3) is 0 Å². The predicted molar refractivity (Wildman–Crippen MR) is 62.6 cm³/mol. The molecule has 0 spiro atoms. The van der Waals surface area contributed by atoms with E-state index in [1.54, 1.807) is 0 Å². The monoisotopic (exact) mass is 198 g/mol. The molecule has 2 heteroatoms. The minimum atomic E-state index is 0.721. The van der Waals surface area contributed by atoms with Crippen molar-refractivity contribution in [2.24, 2.45) is 5.92 Å². The van der Waals surface area contributed by atoms with Gasteiger partial charge in [0, 0.05) is 31.7 Å². The van der Waals surface area contributed by atoms with E-state index in [-0.39, 0.29) is 0 Å². The van der Waals surface area contributed by atoms with Gasteiger partial charge in [-0.25, -0.2) is 0 Å². The molecular formula is C12H26N2. The van der Waals surface area contributed by atoms with Crippen molar-refractivity contribution in [3.63, 3.8) is 0 Å². The van der Waals surface area contributed by atoms with Crippen molar-refractivity contribution in [3.05, 3.63) is 0 Å². The molecule has 1 fully saturated rings. The summed E-state index contributed by atoms with van der Waals surface area (Å²) in [4.78, 5) is 2.64. The van der Waals surface area contributed by atoms with Gasteiger partial charge in [-0.15, -0.1) is 0 Å². The van der Waals surface area contributed by atoms with E-state index in [9.17, 15) is 0 Å². The van der Waals surface area contributed by atoms with Crippen molar-refractivity contribution in [2.45, 2.75) is 52.6 Å². The largest absolute Gasteiger partial charge is 0.311 e. The first-order valence-corrected chi connectivity index (χ1v) is 6.11. The third kappa shape index (κ3) is 3.58. The van der Waals surface area contributed by atoms with Crippen LogP contribution in [0.4, 0.5) is 0 Å². The van der Waals surface area contributed by atoms with Gasteiger partial charge in [0.25, 0.3) is 0 Å². The Kier molecular flexibility index (Phi) is 4.90. The summed E-state index contributed by atoms with van der Waals surface area (Å²) in [5.74, 6) is 0.819. The number of piperazine rings is 1.